The van der Waals surface area contributed by atoms with Crippen molar-refractivity contribution in [2.45, 2.75) is 37.8 Å². The van der Waals surface area contributed by atoms with Gasteiger partial charge in [-0.05, 0) is 25.0 Å². The molecule has 1 aromatic rings. The van der Waals surface area contributed by atoms with Crippen LogP contribution in [0.1, 0.15) is 36.0 Å². The third kappa shape index (κ3) is 3.01. The Morgan fingerprint density at radius 3 is 2.68 bits per heavy atom. The zero-order chi connectivity index (χ0) is 14.0. The molecule has 1 fully saturated rings. The van der Waals surface area contributed by atoms with E-state index in [2.05, 4.69) is 5.32 Å². The molecule has 0 bridgehead atoms. The molecule has 1 aliphatic carbocycles. The van der Waals surface area contributed by atoms with Crippen molar-refractivity contribution in [3.8, 4) is 0 Å². The monoisotopic (exact) mass is 270 g/mol. The van der Waals surface area contributed by atoms with Crippen LogP contribution in [0.4, 0.5) is 14.5 Å². The van der Waals surface area contributed by atoms with Gasteiger partial charge in [-0.15, -0.1) is 0 Å². The number of hydrogen-bond acceptors (Lipinski definition) is 3. The van der Waals surface area contributed by atoms with E-state index in [1.165, 1.54) is 0 Å². The summed E-state index contributed by atoms with van der Waals surface area (Å²) in [5.74, 6) is -2.47. The number of benzene rings is 1. The van der Waals surface area contributed by atoms with Gasteiger partial charge in [0.1, 0.15) is 5.82 Å². The van der Waals surface area contributed by atoms with Gasteiger partial charge in [-0.3, -0.25) is 4.79 Å². The van der Waals surface area contributed by atoms with E-state index in [1.54, 1.807) is 0 Å². The summed E-state index contributed by atoms with van der Waals surface area (Å²) in [6, 6.07) is 1.20. The maximum atomic E-state index is 13.7. The Morgan fingerprint density at radius 2 is 2.00 bits per heavy atom. The van der Waals surface area contributed by atoms with Gasteiger partial charge in [0.2, 0.25) is 0 Å². The Morgan fingerprint density at radius 1 is 1.32 bits per heavy atom. The number of carbonyl (C=O) groups is 1. The van der Waals surface area contributed by atoms with Crippen molar-refractivity contribution >= 4 is 11.6 Å². The first-order valence-corrected chi connectivity index (χ1v) is 6.22. The molecule has 4 nitrogen and oxygen atoms in total. The number of anilines is 1. The van der Waals surface area contributed by atoms with Crippen LogP contribution in [0.2, 0.25) is 0 Å². The van der Waals surface area contributed by atoms with Crippen LogP contribution >= 0.6 is 0 Å². The highest BCUT2D eigenvalue weighted by atomic mass is 19.1. The van der Waals surface area contributed by atoms with Gasteiger partial charge in [0.25, 0.3) is 5.91 Å². The topological polar surface area (TPSA) is 75.4 Å². The second kappa shape index (κ2) is 5.52. The molecule has 0 heterocycles. The van der Waals surface area contributed by atoms with Crippen LogP contribution in [-0.2, 0) is 0 Å². The molecule has 1 saturated carbocycles. The Hall–Kier alpha value is -1.69. The fourth-order valence-electron chi connectivity index (χ4n) is 2.30. The van der Waals surface area contributed by atoms with E-state index in [-0.39, 0.29) is 0 Å². The molecular weight excluding hydrogens is 254 g/mol. The lowest BCUT2D eigenvalue weighted by molar-refractivity contribution is 0.0714. The highest BCUT2D eigenvalue weighted by Gasteiger charge is 2.26. The predicted octanol–water partition coefficient (Wildman–Crippen LogP) is 1.58. The molecule has 0 aromatic heterocycles. The van der Waals surface area contributed by atoms with E-state index in [9.17, 15) is 18.7 Å². The SMILES string of the molecule is Nc1cc(F)cc(C(=O)NC2CCCCC2O)c1F. The second-order valence-electron chi connectivity index (χ2n) is 4.79. The number of aliphatic hydroxyl groups excluding tert-OH is 1. The van der Waals surface area contributed by atoms with E-state index < -0.39 is 40.9 Å². The van der Waals surface area contributed by atoms with Crippen molar-refractivity contribution < 1.29 is 18.7 Å². The fourth-order valence-corrected chi connectivity index (χ4v) is 2.30. The van der Waals surface area contributed by atoms with E-state index in [1.807, 2.05) is 0 Å². The van der Waals surface area contributed by atoms with Crippen molar-refractivity contribution in [2.24, 2.45) is 0 Å². The summed E-state index contributed by atoms with van der Waals surface area (Å²) in [5, 5.41) is 12.3. The van der Waals surface area contributed by atoms with E-state index in [0.29, 0.717) is 12.8 Å². The molecule has 19 heavy (non-hydrogen) atoms. The maximum Gasteiger partial charge on any atom is 0.254 e. The van der Waals surface area contributed by atoms with Gasteiger partial charge < -0.3 is 16.2 Å². The first kappa shape index (κ1) is 13.7. The number of amides is 1. The van der Waals surface area contributed by atoms with Gasteiger partial charge in [-0.25, -0.2) is 8.78 Å². The van der Waals surface area contributed by atoms with E-state index in [0.717, 1.165) is 25.0 Å². The lowest BCUT2D eigenvalue weighted by Crippen LogP contribution is -2.45. The standard InChI is InChI=1S/C13H16F2N2O2/c14-7-5-8(12(15)9(16)6-7)13(19)17-10-3-1-2-4-11(10)18/h5-6,10-11,18H,1-4,16H2,(H,17,19). The van der Waals surface area contributed by atoms with Crippen LogP contribution in [0.25, 0.3) is 0 Å². The van der Waals surface area contributed by atoms with Gasteiger partial charge in [0.15, 0.2) is 5.82 Å². The molecule has 0 saturated heterocycles. The molecule has 2 atom stereocenters. The number of nitrogens with two attached hydrogens (primary N) is 1. The Labute approximate surface area is 109 Å². The molecule has 104 valence electrons. The molecule has 4 N–H and O–H groups in total. The lowest BCUT2D eigenvalue weighted by Gasteiger charge is -2.28. The van der Waals surface area contributed by atoms with Gasteiger partial charge >= 0.3 is 0 Å². The summed E-state index contributed by atoms with van der Waals surface area (Å²) in [5.41, 5.74) is 4.43. The van der Waals surface area contributed by atoms with Crippen LogP contribution in [0, 0.1) is 11.6 Å². The van der Waals surface area contributed by atoms with Gasteiger partial charge in [-0.2, -0.15) is 0 Å². The van der Waals surface area contributed by atoms with Crippen molar-refractivity contribution in [1.82, 2.24) is 5.32 Å². The van der Waals surface area contributed by atoms with Crippen molar-refractivity contribution in [2.75, 3.05) is 5.73 Å². The van der Waals surface area contributed by atoms with Crippen LogP contribution in [-0.4, -0.2) is 23.2 Å². The van der Waals surface area contributed by atoms with Gasteiger partial charge in [0.05, 0.1) is 23.4 Å². The van der Waals surface area contributed by atoms with Gasteiger partial charge in [-0.1, -0.05) is 12.8 Å². The minimum absolute atomic E-state index is 0.408. The third-order valence-electron chi connectivity index (χ3n) is 3.36. The molecule has 0 radical (unpaired) electrons. The average Bonchev–Trinajstić information content (AvgIpc) is 2.36. The summed E-state index contributed by atoms with van der Waals surface area (Å²) in [6.07, 6.45) is 2.36. The fraction of sp³-hybridized carbons (Fsp3) is 0.462. The highest BCUT2D eigenvalue weighted by Crippen LogP contribution is 2.21. The molecule has 0 spiro atoms. The second-order valence-corrected chi connectivity index (χ2v) is 4.79. The summed E-state index contributed by atoms with van der Waals surface area (Å²) in [4.78, 5) is 11.9. The smallest absolute Gasteiger partial charge is 0.254 e. The largest absolute Gasteiger partial charge is 0.396 e. The van der Waals surface area contributed by atoms with Crippen LogP contribution in [0.5, 0.6) is 0 Å². The lowest BCUT2D eigenvalue weighted by atomic mass is 9.92. The number of halogens is 2. The molecule has 1 aliphatic rings. The summed E-state index contributed by atoms with van der Waals surface area (Å²) >= 11 is 0. The minimum atomic E-state index is -0.941. The molecule has 1 aromatic carbocycles. The molecule has 0 aliphatic heterocycles. The molecular formula is C13H16F2N2O2. The van der Waals surface area contributed by atoms with E-state index >= 15 is 0 Å². The number of hydrogen-bond donors (Lipinski definition) is 3. The normalized spacial score (nSPS) is 23.1. The van der Waals surface area contributed by atoms with Crippen LogP contribution < -0.4 is 11.1 Å². The van der Waals surface area contributed by atoms with Crippen molar-refractivity contribution in [3.63, 3.8) is 0 Å². The number of nitrogens with one attached hydrogen (secondary N) is 1. The molecule has 6 heteroatoms. The minimum Gasteiger partial charge on any atom is -0.396 e. The predicted molar refractivity (Wildman–Crippen MR) is 66.5 cm³/mol. The van der Waals surface area contributed by atoms with Gasteiger partial charge in [0, 0.05) is 0 Å². The zero-order valence-corrected chi connectivity index (χ0v) is 10.3. The summed E-state index contributed by atoms with van der Waals surface area (Å²) in [6.45, 7) is 0. The van der Waals surface area contributed by atoms with Crippen molar-refractivity contribution in [3.05, 3.63) is 29.3 Å². The third-order valence-corrected chi connectivity index (χ3v) is 3.36. The number of nitrogen functional groups attached to an aromatic ring is 1. The first-order valence-electron chi connectivity index (χ1n) is 6.22. The Kier molecular flexibility index (Phi) is 3.99. The van der Waals surface area contributed by atoms with Crippen molar-refractivity contribution in [1.29, 1.82) is 0 Å². The summed E-state index contributed by atoms with van der Waals surface area (Å²) < 4.78 is 26.8. The quantitative estimate of drug-likeness (QED) is 0.714. The summed E-state index contributed by atoms with van der Waals surface area (Å²) in [7, 11) is 0. The van der Waals surface area contributed by atoms with Crippen LogP contribution in [0.15, 0.2) is 12.1 Å². The number of carbonyl (C=O) groups excluding carboxylic acids is 1. The Balaban J connectivity index is 2.15. The van der Waals surface area contributed by atoms with E-state index in [4.69, 9.17) is 5.73 Å². The Bertz CT molecular complexity index is 494. The highest BCUT2D eigenvalue weighted by molar-refractivity contribution is 5.95. The molecule has 2 rings (SSSR count). The maximum absolute atomic E-state index is 13.7. The first-order chi connectivity index (χ1) is 8.99. The number of rotatable bonds is 2. The van der Waals surface area contributed by atoms with Crippen LogP contribution in [0.3, 0.4) is 0 Å². The zero-order valence-electron chi connectivity index (χ0n) is 10.3. The molecule has 2 unspecified atom stereocenters. The number of aliphatic hydroxyl groups is 1. The average molecular weight is 270 g/mol. The molecule has 1 amide bonds.